The molecule has 1 aromatic heterocycles. The van der Waals surface area contributed by atoms with E-state index in [2.05, 4.69) is 10.2 Å². The number of ketones is 1. The fourth-order valence-electron chi connectivity index (χ4n) is 2.52. The monoisotopic (exact) mass is 368 g/mol. The summed E-state index contributed by atoms with van der Waals surface area (Å²) in [5.41, 5.74) is 0.496. The maximum atomic E-state index is 12.0. The molecule has 1 aliphatic heterocycles. The molecule has 128 valence electrons. The predicted octanol–water partition coefficient (Wildman–Crippen LogP) is 1.73. The van der Waals surface area contributed by atoms with Crippen molar-refractivity contribution in [2.45, 2.75) is 18.1 Å². The van der Waals surface area contributed by atoms with E-state index in [1.54, 1.807) is 12.1 Å². The fourth-order valence-corrected chi connectivity index (χ4v) is 5.05. The molecule has 0 spiro atoms. The van der Waals surface area contributed by atoms with Gasteiger partial charge in [0.2, 0.25) is 5.89 Å². The molecule has 2 heterocycles. The molecule has 1 saturated heterocycles. The van der Waals surface area contributed by atoms with Crippen LogP contribution in [0.2, 0.25) is 0 Å². The van der Waals surface area contributed by atoms with Crippen molar-refractivity contribution in [2.24, 2.45) is 5.92 Å². The molecule has 0 aliphatic carbocycles. The molecule has 1 aromatic carbocycles. The lowest BCUT2D eigenvalue weighted by Gasteiger charge is -2.02. The van der Waals surface area contributed by atoms with Gasteiger partial charge in [-0.05, 0) is 36.6 Å². The number of aromatic hydroxyl groups is 1. The Morgan fingerprint density at radius 2 is 2.04 bits per heavy atom. The van der Waals surface area contributed by atoms with E-state index in [1.165, 1.54) is 12.1 Å². The molecule has 9 heteroatoms. The van der Waals surface area contributed by atoms with Gasteiger partial charge in [-0.15, -0.1) is 10.2 Å². The maximum Gasteiger partial charge on any atom is 0.277 e. The minimum absolute atomic E-state index is 0.0203. The lowest BCUT2D eigenvalue weighted by atomic mass is 10.1. The second-order valence-corrected chi connectivity index (χ2v) is 8.85. The van der Waals surface area contributed by atoms with Gasteiger partial charge in [-0.2, -0.15) is 0 Å². The normalized spacial score (nSPS) is 19.4. The van der Waals surface area contributed by atoms with E-state index in [9.17, 15) is 18.3 Å². The van der Waals surface area contributed by atoms with E-state index in [0.29, 0.717) is 24.3 Å². The largest absolute Gasteiger partial charge is 0.508 e. The molecule has 1 N–H and O–H groups in total. The van der Waals surface area contributed by atoms with E-state index in [4.69, 9.17) is 4.42 Å². The number of phenols is 1. The Morgan fingerprint density at radius 1 is 1.29 bits per heavy atom. The third-order valence-corrected chi connectivity index (χ3v) is 6.41. The number of carbonyl (C=O) groups is 1. The molecule has 0 bridgehead atoms. The molecule has 1 aliphatic rings. The van der Waals surface area contributed by atoms with Crippen molar-refractivity contribution >= 4 is 27.4 Å². The summed E-state index contributed by atoms with van der Waals surface area (Å²) < 4.78 is 28.4. The first kappa shape index (κ1) is 17.0. The Balaban J connectivity index is 1.52. The summed E-state index contributed by atoms with van der Waals surface area (Å²) in [6.07, 6.45) is 1.06. The predicted molar refractivity (Wildman–Crippen MR) is 87.9 cm³/mol. The van der Waals surface area contributed by atoms with Crippen LogP contribution in [-0.4, -0.2) is 46.8 Å². The number of phenolic OH excluding ortho intramolecular Hbond substituents is 1. The summed E-state index contributed by atoms with van der Waals surface area (Å²) in [5.74, 6) is 0.940. The molecular weight excluding hydrogens is 352 g/mol. The van der Waals surface area contributed by atoms with Crippen LogP contribution in [0, 0.1) is 5.92 Å². The van der Waals surface area contributed by atoms with Crippen molar-refractivity contribution < 1.29 is 22.7 Å². The van der Waals surface area contributed by atoms with Crippen molar-refractivity contribution in [1.29, 1.82) is 0 Å². The molecule has 2 aromatic rings. The highest BCUT2D eigenvalue weighted by molar-refractivity contribution is 7.99. The number of sulfone groups is 1. The number of carbonyl (C=O) groups excluding carboxylic acids is 1. The lowest BCUT2D eigenvalue weighted by molar-refractivity contribution is 0.102. The molecule has 0 amide bonds. The SMILES string of the molecule is O=C(CSc1nnc(C[C@H]2CCS(=O)(=O)C2)o1)c1ccc(O)cc1. The van der Waals surface area contributed by atoms with E-state index in [0.717, 1.165) is 11.8 Å². The van der Waals surface area contributed by atoms with Gasteiger partial charge in [0.15, 0.2) is 15.6 Å². The van der Waals surface area contributed by atoms with Gasteiger partial charge in [-0.1, -0.05) is 11.8 Å². The lowest BCUT2D eigenvalue weighted by Crippen LogP contribution is -2.07. The number of benzene rings is 1. The Kier molecular flexibility index (Phi) is 4.91. The number of hydrogen-bond acceptors (Lipinski definition) is 8. The highest BCUT2D eigenvalue weighted by atomic mass is 32.2. The minimum atomic E-state index is -2.92. The van der Waals surface area contributed by atoms with E-state index in [-0.39, 0.29) is 39.9 Å². The topological polar surface area (TPSA) is 110 Å². The number of nitrogens with zero attached hydrogens (tertiary/aromatic N) is 2. The first-order valence-corrected chi connectivity index (χ1v) is 10.2. The smallest absolute Gasteiger partial charge is 0.277 e. The van der Waals surface area contributed by atoms with Crippen LogP contribution in [0.4, 0.5) is 0 Å². The maximum absolute atomic E-state index is 12.0. The first-order chi connectivity index (χ1) is 11.4. The summed E-state index contributed by atoms with van der Waals surface area (Å²) in [5, 5.41) is 17.3. The average Bonchev–Trinajstić information content (AvgIpc) is 3.12. The molecule has 0 radical (unpaired) electrons. The first-order valence-electron chi connectivity index (χ1n) is 7.39. The van der Waals surface area contributed by atoms with Gasteiger partial charge in [0.1, 0.15) is 5.75 Å². The van der Waals surface area contributed by atoms with E-state index < -0.39 is 9.84 Å². The van der Waals surface area contributed by atoms with Crippen LogP contribution >= 0.6 is 11.8 Å². The van der Waals surface area contributed by atoms with Gasteiger partial charge in [0.25, 0.3) is 5.22 Å². The Bertz CT molecular complexity index is 830. The van der Waals surface area contributed by atoms with Gasteiger partial charge < -0.3 is 9.52 Å². The standard InChI is InChI=1S/C15H16N2O5S2/c18-12-3-1-11(2-4-12)13(19)8-23-15-17-16-14(22-15)7-10-5-6-24(20,21)9-10/h1-4,10,18H,5-9H2/t10-/m1/s1. The van der Waals surface area contributed by atoms with Crippen LogP contribution in [0.15, 0.2) is 33.9 Å². The molecule has 24 heavy (non-hydrogen) atoms. The Hall–Kier alpha value is -1.87. The van der Waals surface area contributed by atoms with Gasteiger partial charge in [-0.25, -0.2) is 8.42 Å². The zero-order valence-electron chi connectivity index (χ0n) is 12.7. The molecule has 7 nitrogen and oxygen atoms in total. The van der Waals surface area contributed by atoms with Crippen molar-refractivity contribution in [3.05, 3.63) is 35.7 Å². The van der Waals surface area contributed by atoms with E-state index >= 15 is 0 Å². The van der Waals surface area contributed by atoms with Crippen molar-refractivity contribution in [3.8, 4) is 5.75 Å². The number of thioether (sulfide) groups is 1. The fraction of sp³-hybridized carbons (Fsp3) is 0.400. The van der Waals surface area contributed by atoms with Crippen LogP contribution in [-0.2, 0) is 16.3 Å². The molecular formula is C15H16N2O5S2. The Labute approximate surface area is 143 Å². The quantitative estimate of drug-likeness (QED) is 0.606. The molecule has 1 fully saturated rings. The molecule has 0 saturated carbocycles. The summed E-state index contributed by atoms with van der Waals surface area (Å²) in [6.45, 7) is 0. The third kappa shape index (κ3) is 4.35. The number of aromatic nitrogens is 2. The number of hydrogen-bond donors (Lipinski definition) is 1. The summed E-state index contributed by atoms with van der Waals surface area (Å²) in [6, 6.07) is 6.02. The van der Waals surface area contributed by atoms with Crippen LogP contribution in [0.25, 0.3) is 0 Å². The van der Waals surface area contributed by atoms with E-state index in [1.807, 2.05) is 0 Å². The zero-order valence-corrected chi connectivity index (χ0v) is 14.3. The molecule has 3 rings (SSSR count). The zero-order chi connectivity index (χ0) is 17.2. The van der Waals surface area contributed by atoms with Gasteiger partial charge in [-0.3, -0.25) is 4.79 Å². The van der Waals surface area contributed by atoms with Crippen molar-refractivity contribution in [2.75, 3.05) is 17.3 Å². The van der Waals surface area contributed by atoms with Crippen molar-refractivity contribution in [3.63, 3.8) is 0 Å². The van der Waals surface area contributed by atoms with Gasteiger partial charge in [0.05, 0.1) is 17.3 Å². The van der Waals surface area contributed by atoms with Crippen LogP contribution in [0.3, 0.4) is 0 Å². The minimum Gasteiger partial charge on any atom is -0.508 e. The van der Waals surface area contributed by atoms with Crippen molar-refractivity contribution in [1.82, 2.24) is 10.2 Å². The van der Waals surface area contributed by atoms with Crippen LogP contribution in [0.1, 0.15) is 22.7 Å². The van der Waals surface area contributed by atoms with Crippen LogP contribution in [0.5, 0.6) is 5.75 Å². The second kappa shape index (κ2) is 6.94. The highest BCUT2D eigenvalue weighted by Crippen LogP contribution is 2.24. The summed E-state index contributed by atoms with van der Waals surface area (Å²) >= 11 is 1.14. The second-order valence-electron chi connectivity index (χ2n) is 5.69. The summed E-state index contributed by atoms with van der Waals surface area (Å²) in [7, 11) is -2.92. The number of Topliss-reactive ketones (excluding diaryl/α,β-unsaturated/α-hetero) is 1. The highest BCUT2D eigenvalue weighted by Gasteiger charge is 2.29. The van der Waals surface area contributed by atoms with Gasteiger partial charge in [0, 0.05) is 12.0 Å². The third-order valence-electron chi connectivity index (χ3n) is 3.75. The molecule has 0 unspecified atom stereocenters. The van der Waals surface area contributed by atoms with Gasteiger partial charge >= 0.3 is 0 Å². The Morgan fingerprint density at radius 3 is 2.71 bits per heavy atom. The van der Waals surface area contributed by atoms with Crippen LogP contribution < -0.4 is 0 Å². The average molecular weight is 368 g/mol. The molecule has 1 atom stereocenters. The number of rotatable bonds is 6. The summed E-state index contributed by atoms with van der Waals surface area (Å²) in [4.78, 5) is 12.0.